The zero-order chi connectivity index (χ0) is 19.3. The van der Waals surface area contributed by atoms with Crippen LogP contribution in [0.1, 0.15) is 18.4 Å². The Bertz CT molecular complexity index is 626. The summed E-state index contributed by atoms with van der Waals surface area (Å²) in [5, 5.41) is 7.49. The van der Waals surface area contributed by atoms with Gasteiger partial charge in [-0.05, 0) is 13.8 Å². The van der Waals surface area contributed by atoms with Crippen molar-refractivity contribution in [2.75, 3.05) is 32.7 Å². The Balaban J connectivity index is 1.73. The van der Waals surface area contributed by atoms with Gasteiger partial charge >= 0.3 is 12.2 Å². The smallest absolute Gasteiger partial charge is 0.361 e. The van der Waals surface area contributed by atoms with E-state index in [0.29, 0.717) is 32.7 Å². The zero-order valence-electron chi connectivity index (χ0n) is 14.6. The number of carbonyl (C=O) groups is 2. The van der Waals surface area contributed by atoms with E-state index in [-0.39, 0.29) is 0 Å². The van der Waals surface area contributed by atoms with Crippen molar-refractivity contribution in [3.05, 3.63) is 17.5 Å². The number of nitrogens with zero attached hydrogens (tertiary/aromatic N) is 3. The van der Waals surface area contributed by atoms with Crippen LogP contribution in [0.2, 0.25) is 0 Å². The molecule has 1 fully saturated rings. The third-order valence-corrected chi connectivity index (χ3v) is 4.08. The maximum absolute atomic E-state index is 12.0. The first-order valence-electron chi connectivity index (χ1n) is 8.18. The van der Waals surface area contributed by atoms with Crippen LogP contribution in [0.5, 0.6) is 0 Å². The summed E-state index contributed by atoms with van der Waals surface area (Å²) in [6, 6.07) is 0.0874. The number of imide groups is 1. The molecule has 0 aromatic carbocycles. The SMILES string of the molecule is Cc1cc(CN2CCN(C(C)C(=O)NC(=O)NCC(F)(F)F)CC2)no1. The van der Waals surface area contributed by atoms with E-state index >= 15 is 0 Å². The molecule has 1 aromatic heterocycles. The van der Waals surface area contributed by atoms with Gasteiger partial charge in [0.1, 0.15) is 12.3 Å². The molecule has 0 spiro atoms. The molecule has 8 nitrogen and oxygen atoms in total. The van der Waals surface area contributed by atoms with Gasteiger partial charge < -0.3 is 9.84 Å². The van der Waals surface area contributed by atoms with Crippen LogP contribution in [0.25, 0.3) is 0 Å². The summed E-state index contributed by atoms with van der Waals surface area (Å²) in [4.78, 5) is 27.4. The number of halogens is 3. The van der Waals surface area contributed by atoms with Gasteiger partial charge in [0.15, 0.2) is 0 Å². The molecular formula is C15H22F3N5O3. The number of piperazine rings is 1. The highest BCUT2D eigenvalue weighted by molar-refractivity contribution is 5.96. The Kier molecular flexibility index (Phi) is 6.59. The van der Waals surface area contributed by atoms with Gasteiger partial charge in [-0.1, -0.05) is 5.16 Å². The van der Waals surface area contributed by atoms with E-state index in [0.717, 1.165) is 11.5 Å². The standard InChI is InChI=1S/C15H22F3N5O3/c1-10-7-12(21-26-10)8-22-3-5-23(6-4-22)11(2)13(24)20-14(25)19-9-15(16,17)18/h7,11H,3-6,8-9H2,1-2H3,(H2,19,20,24,25). The van der Waals surface area contributed by atoms with Gasteiger partial charge in [0.25, 0.3) is 0 Å². The third kappa shape index (κ3) is 6.30. The maximum Gasteiger partial charge on any atom is 0.405 e. The quantitative estimate of drug-likeness (QED) is 0.792. The Morgan fingerprint density at radius 3 is 2.50 bits per heavy atom. The first-order valence-corrected chi connectivity index (χ1v) is 8.18. The van der Waals surface area contributed by atoms with Crippen molar-refractivity contribution >= 4 is 11.9 Å². The monoisotopic (exact) mass is 377 g/mol. The van der Waals surface area contributed by atoms with Crippen molar-refractivity contribution in [2.45, 2.75) is 32.6 Å². The van der Waals surface area contributed by atoms with Gasteiger partial charge in [-0.2, -0.15) is 13.2 Å². The van der Waals surface area contributed by atoms with Crippen LogP contribution >= 0.6 is 0 Å². The van der Waals surface area contributed by atoms with Crippen LogP contribution < -0.4 is 10.6 Å². The Hall–Kier alpha value is -2.14. The molecule has 3 amide bonds. The molecule has 0 aliphatic carbocycles. The topological polar surface area (TPSA) is 90.7 Å². The van der Waals surface area contributed by atoms with Gasteiger partial charge in [0.05, 0.1) is 11.7 Å². The molecule has 1 saturated heterocycles. The summed E-state index contributed by atoms with van der Waals surface area (Å²) in [6.45, 7) is 5.17. The number of urea groups is 1. The lowest BCUT2D eigenvalue weighted by atomic mass is 10.2. The summed E-state index contributed by atoms with van der Waals surface area (Å²) in [5.41, 5.74) is 0.836. The van der Waals surface area contributed by atoms with Crippen LogP contribution in [0, 0.1) is 6.92 Å². The predicted molar refractivity (Wildman–Crippen MR) is 85.1 cm³/mol. The van der Waals surface area contributed by atoms with Crippen molar-refractivity contribution in [3.8, 4) is 0 Å². The molecule has 146 valence electrons. The summed E-state index contributed by atoms with van der Waals surface area (Å²) in [6.07, 6.45) is -4.52. The predicted octanol–water partition coefficient (Wildman–Crippen LogP) is 0.877. The molecular weight excluding hydrogens is 355 g/mol. The molecule has 2 N–H and O–H groups in total. The van der Waals surface area contributed by atoms with Crippen LogP contribution in [-0.2, 0) is 11.3 Å². The lowest BCUT2D eigenvalue weighted by Gasteiger charge is -2.36. The lowest BCUT2D eigenvalue weighted by molar-refractivity contribution is -0.127. The Labute approximate surface area is 148 Å². The fourth-order valence-electron chi connectivity index (χ4n) is 2.64. The van der Waals surface area contributed by atoms with E-state index in [2.05, 4.69) is 10.1 Å². The second-order valence-corrected chi connectivity index (χ2v) is 6.20. The Morgan fingerprint density at radius 2 is 1.96 bits per heavy atom. The average Bonchev–Trinajstić information content (AvgIpc) is 2.97. The minimum absolute atomic E-state index is 0.593. The summed E-state index contributed by atoms with van der Waals surface area (Å²) < 4.78 is 41.2. The molecule has 2 rings (SSSR count). The Morgan fingerprint density at radius 1 is 1.31 bits per heavy atom. The largest absolute Gasteiger partial charge is 0.405 e. The number of rotatable bonds is 5. The number of aromatic nitrogens is 1. The first kappa shape index (κ1) is 20.2. The van der Waals surface area contributed by atoms with Gasteiger partial charge in [-0.25, -0.2) is 4.79 Å². The lowest BCUT2D eigenvalue weighted by Crippen LogP contribution is -2.55. The summed E-state index contributed by atoms with van der Waals surface area (Å²) >= 11 is 0. The molecule has 2 heterocycles. The number of alkyl halides is 3. The van der Waals surface area contributed by atoms with E-state index in [1.807, 2.05) is 23.2 Å². The van der Waals surface area contributed by atoms with Crippen LogP contribution in [0.3, 0.4) is 0 Å². The molecule has 0 radical (unpaired) electrons. The van der Waals surface area contributed by atoms with E-state index in [4.69, 9.17) is 4.52 Å². The number of amides is 3. The zero-order valence-corrected chi connectivity index (χ0v) is 14.6. The van der Waals surface area contributed by atoms with Crippen molar-refractivity contribution < 1.29 is 27.3 Å². The molecule has 1 atom stereocenters. The highest BCUT2D eigenvalue weighted by Crippen LogP contribution is 2.12. The van der Waals surface area contributed by atoms with E-state index < -0.39 is 30.7 Å². The number of hydrogen-bond acceptors (Lipinski definition) is 6. The highest BCUT2D eigenvalue weighted by atomic mass is 19.4. The highest BCUT2D eigenvalue weighted by Gasteiger charge is 2.30. The fourth-order valence-corrected chi connectivity index (χ4v) is 2.64. The first-order chi connectivity index (χ1) is 12.1. The van der Waals surface area contributed by atoms with Gasteiger partial charge in [-0.15, -0.1) is 0 Å². The van der Waals surface area contributed by atoms with Crippen molar-refractivity contribution in [2.24, 2.45) is 0 Å². The summed E-state index contributed by atoms with van der Waals surface area (Å²) in [7, 11) is 0. The van der Waals surface area contributed by atoms with Crippen molar-refractivity contribution in [3.63, 3.8) is 0 Å². The van der Waals surface area contributed by atoms with Crippen LogP contribution in [0.15, 0.2) is 10.6 Å². The van der Waals surface area contributed by atoms with Crippen LogP contribution in [0.4, 0.5) is 18.0 Å². The number of hydrogen-bond donors (Lipinski definition) is 2. The molecule has 1 aliphatic heterocycles. The number of nitrogens with one attached hydrogen (secondary N) is 2. The second kappa shape index (κ2) is 8.49. The molecule has 0 saturated carbocycles. The van der Waals surface area contributed by atoms with Crippen LogP contribution in [-0.4, -0.2) is 71.8 Å². The van der Waals surface area contributed by atoms with Gasteiger partial charge in [0.2, 0.25) is 5.91 Å². The molecule has 11 heteroatoms. The number of carbonyl (C=O) groups excluding carboxylic acids is 2. The minimum atomic E-state index is -4.52. The van der Waals surface area contributed by atoms with Crippen molar-refractivity contribution in [1.29, 1.82) is 0 Å². The second-order valence-electron chi connectivity index (χ2n) is 6.20. The van der Waals surface area contributed by atoms with E-state index in [1.165, 1.54) is 0 Å². The van der Waals surface area contributed by atoms with E-state index in [9.17, 15) is 22.8 Å². The van der Waals surface area contributed by atoms with Crippen molar-refractivity contribution in [1.82, 2.24) is 25.6 Å². The molecule has 1 aliphatic rings. The normalized spacial score (nSPS) is 17.7. The van der Waals surface area contributed by atoms with Gasteiger partial charge in [0, 0.05) is 38.8 Å². The van der Waals surface area contributed by atoms with E-state index in [1.54, 1.807) is 12.2 Å². The molecule has 1 unspecified atom stereocenters. The minimum Gasteiger partial charge on any atom is -0.361 e. The number of aryl methyl sites for hydroxylation is 1. The third-order valence-electron chi connectivity index (χ3n) is 4.08. The summed E-state index contributed by atoms with van der Waals surface area (Å²) in [5.74, 6) is 0.109. The average molecular weight is 377 g/mol. The molecule has 26 heavy (non-hydrogen) atoms. The fraction of sp³-hybridized carbons (Fsp3) is 0.667. The van der Waals surface area contributed by atoms with Gasteiger partial charge in [-0.3, -0.25) is 19.9 Å². The molecule has 0 bridgehead atoms. The molecule has 1 aromatic rings. The maximum atomic E-state index is 12.0.